The van der Waals surface area contributed by atoms with E-state index in [4.69, 9.17) is 4.74 Å². The Kier molecular flexibility index (Phi) is 5.76. The fourth-order valence-electron chi connectivity index (χ4n) is 2.24. The molecule has 0 aliphatic carbocycles. The van der Waals surface area contributed by atoms with Crippen molar-refractivity contribution in [3.63, 3.8) is 0 Å². The van der Waals surface area contributed by atoms with Crippen molar-refractivity contribution in [3.05, 3.63) is 65.5 Å². The third-order valence-electron chi connectivity index (χ3n) is 3.38. The average Bonchev–Trinajstić information content (AvgIpc) is 2.49. The number of hydrogen-bond acceptors (Lipinski definition) is 2. The minimum Gasteiger partial charge on any atom is -0.493 e. The SMILES string of the molecule is CC(O)c1cc(F)ccc1OCCCCc1ccccc1. The normalized spacial score (nSPS) is 12.1. The van der Waals surface area contributed by atoms with Gasteiger partial charge in [0, 0.05) is 5.56 Å². The molecule has 0 bridgehead atoms. The maximum atomic E-state index is 13.2. The lowest BCUT2D eigenvalue weighted by Crippen LogP contribution is -2.03. The molecule has 0 radical (unpaired) electrons. The fourth-order valence-corrected chi connectivity index (χ4v) is 2.24. The van der Waals surface area contributed by atoms with Gasteiger partial charge < -0.3 is 9.84 Å². The molecule has 3 heteroatoms. The third-order valence-corrected chi connectivity index (χ3v) is 3.38. The van der Waals surface area contributed by atoms with E-state index < -0.39 is 6.10 Å². The van der Waals surface area contributed by atoms with Gasteiger partial charge in [0.1, 0.15) is 11.6 Å². The van der Waals surface area contributed by atoms with Crippen molar-refractivity contribution in [2.75, 3.05) is 6.61 Å². The van der Waals surface area contributed by atoms with Crippen molar-refractivity contribution in [3.8, 4) is 5.75 Å². The number of rotatable bonds is 7. The average molecular weight is 288 g/mol. The van der Waals surface area contributed by atoms with Crippen LogP contribution in [0.3, 0.4) is 0 Å². The molecular formula is C18H21FO2. The van der Waals surface area contributed by atoms with Crippen LogP contribution >= 0.6 is 0 Å². The van der Waals surface area contributed by atoms with Crippen LogP contribution in [0.1, 0.15) is 37.0 Å². The highest BCUT2D eigenvalue weighted by Crippen LogP contribution is 2.26. The molecule has 112 valence electrons. The first-order valence-electron chi connectivity index (χ1n) is 7.31. The number of aliphatic hydroxyl groups is 1. The van der Waals surface area contributed by atoms with E-state index in [0.29, 0.717) is 17.9 Å². The summed E-state index contributed by atoms with van der Waals surface area (Å²) in [6.07, 6.45) is 2.25. The van der Waals surface area contributed by atoms with Crippen LogP contribution in [0.15, 0.2) is 48.5 Å². The molecule has 2 aromatic rings. The molecule has 0 aromatic heterocycles. The van der Waals surface area contributed by atoms with Gasteiger partial charge in [-0.3, -0.25) is 0 Å². The third kappa shape index (κ3) is 4.87. The van der Waals surface area contributed by atoms with Crippen LogP contribution in [0, 0.1) is 5.82 Å². The molecule has 2 aromatic carbocycles. The molecule has 0 aliphatic rings. The summed E-state index contributed by atoms with van der Waals surface area (Å²) in [7, 11) is 0. The van der Waals surface area contributed by atoms with Crippen LogP contribution in [0.4, 0.5) is 4.39 Å². The van der Waals surface area contributed by atoms with E-state index in [1.54, 1.807) is 13.0 Å². The van der Waals surface area contributed by atoms with Crippen LogP contribution in [-0.2, 0) is 6.42 Å². The molecular weight excluding hydrogens is 267 g/mol. The molecule has 0 saturated heterocycles. The van der Waals surface area contributed by atoms with E-state index in [9.17, 15) is 9.50 Å². The van der Waals surface area contributed by atoms with Gasteiger partial charge >= 0.3 is 0 Å². The Bertz CT molecular complexity index is 552. The number of aliphatic hydroxyl groups excluding tert-OH is 1. The smallest absolute Gasteiger partial charge is 0.125 e. The van der Waals surface area contributed by atoms with Crippen LogP contribution in [0.25, 0.3) is 0 Å². The molecule has 0 saturated carbocycles. The van der Waals surface area contributed by atoms with Crippen molar-refractivity contribution in [2.24, 2.45) is 0 Å². The standard InChI is InChI=1S/C18H21FO2/c1-14(20)17-13-16(19)10-11-18(17)21-12-6-5-9-15-7-3-2-4-8-15/h2-4,7-8,10-11,13-14,20H,5-6,9,12H2,1H3. The first-order chi connectivity index (χ1) is 10.2. The summed E-state index contributed by atoms with van der Waals surface area (Å²) in [6, 6.07) is 14.6. The molecule has 2 rings (SSSR count). The van der Waals surface area contributed by atoms with E-state index in [1.165, 1.54) is 17.7 Å². The lowest BCUT2D eigenvalue weighted by molar-refractivity contribution is 0.190. The summed E-state index contributed by atoms with van der Waals surface area (Å²) in [5, 5.41) is 9.63. The van der Waals surface area contributed by atoms with Crippen LogP contribution < -0.4 is 4.74 Å². The molecule has 0 aliphatic heterocycles. The Labute approximate surface area is 125 Å². The van der Waals surface area contributed by atoms with Gasteiger partial charge in [-0.15, -0.1) is 0 Å². The van der Waals surface area contributed by atoms with E-state index in [1.807, 2.05) is 18.2 Å². The zero-order chi connectivity index (χ0) is 15.1. The number of benzene rings is 2. The zero-order valence-electron chi connectivity index (χ0n) is 12.3. The van der Waals surface area contributed by atoms with Gasteiger partial charge in [-0.1, -0.05) is 30.3 Å². The first kappa shape index (κ1) is 15.5. The van der Waals surface area contributed by atoms with Gasteiger partial charge in [0.25, 0.3) is 0 Å². The molecule has 1 N–H and O–H groups in total. The molecule has 1 atom stereocenters. The molecule has 1 unspecified atom stereocenters. The monoisotopic (exact) mass is 288 g/mol. The molecule has 2 nitrogen and oxygen atoms in total. The predicted octanol–water partition coefficient (Wildman–Crippen LogP) is 4.28. The Hall–Kier alpha value is -1.87. The first-order valence-corrected chi connectivity index (χ1v) is 7.31. The van der Waals surface area contributed by atoms with E-state index in [2.05, 4.69) is 12.1 Å². The summed E-state index contributed by atoms with van der Waals surface area (Å²) in [4.78, 5) is 0. The van der Waals surface area contributed by atoms with Crippen LogP contribution in [-0.4, -0.2) is 11.7 Å². The Morgan fingerprint density at radius 3 is 2.57 bits per heavy atom. The van der Waals surface area contributed by atoms with E-state index >= 15 is 0 Å². The second kappa shape index (κ2) is 7.79. The fraction of sp³-hybridized carbons (Fsp3) is 0.333. The lowest BCUT2D eigenvalue weighted by Gasteiger charge is -2.13. The molecule has 0 spiro atoms. The van der Waals surface area contributed by atoms with Crippen molar-refractivity contribution in [2.45, 2.75) is 32.3 Å². The zero-order valence-corrected chi connectivity index (χ0v) is 12.3. The summed E-state index contributed by atoms with van der Waals surface area (Å²) in [5.74, 6) is 0.202. The molecule has 0 heterocycles. The van der Waals surface area contributed by atoms with Gasteiger partial charge in [0.2, 0.25) is 0 Å². The minimum atomic E-state index is -0.736. The number of unbranched alkanes of at least 4 members (excludes halogenated alkanes) is 1. The summed E-state index contributed by atoms with van der Waals surface area (Å²) < 4.78 is 18.8. The summed E-state index contributed by atoms with van der Waals surface area (Å²) >= 11 is 0. The topological polar surface area (TPSA) is 29.5 Å². The van der Waals surface area contributed by atoms with Gasteiger partial charge in [-0.25, -0.2) is 4.39 Å². The van der Waals surface area contributed by atoms with Gasteiger partial charge in [0.05, 0.1) is 12.7 Å². The second-order valence-corrected chi connectivity index (χ2v) is 5.15. The Balaban J connectivity index is 1.78. The Morgan fingerprint density at radius 1 is 1.10 bits per heavy atom. The van der Waals surface area contributed by atoms with Gasteiger partial charge in [-0.2, -0.15) is 0 Å². The van der Waals surface area contributed by atoms with Gasteiger partial charge in [0.15, 0.2) is 0 Å². The van der Waals surface area contributed by atoms with Crippen molar-refractivity contribution < 1.29 is 14.2 Å². The van der Waals surface area contributed by atoms with Crippen LogP contribution in [0.2, 0.25) is 0 Å². The number of ether oxygens (including phenoxy) is 1. The minimum absolute atomic E-state index is 0.359. The number of halogens is 1. The van der Waals surface area contributed by atoms with Crippen molar-refractivity contribution in [1.29, 1.82) is 0 Å². The highest BCUT2D eigenvalue weighted by atomic mass is 19.1. The van der Waals surface area contributed by atoms with Crippen molar-refractivity contribution in [1.82, 2.24) is 0 Å². The van der Waals surface area contributed by atoms with Gasteiger partial charge in [-0.05, 0) is 49.9 Å². The number of aryl methyl sites for hydroxylation is 1. The second-order valence-electron chi connectivity index (χ2n) is 5.15. The highest BCUT2D eigenvalue weighted by molar-refractivity contribution is 5.35. The molecule has 0 amide bonds. The Morgan fingerprint density at radius 2 is 1.86 bits per heavy atom. The molecule has 0 fully saturated rings. The molecule has 21 heavy (non-hydrogen) atoms. The summed E-state index contributed by atoms with van der Waals surface area (Å²) in [5.41, 5.74) is 1.82. The maximum Gasteiger partial charge on any atom is 0.125 e. The van der Waals surface area contributed by atoms with Crippen molar-refractivity contribution >= 4 is 0 Å². The predicted molar refractivity (Wildman–Crippen MR) is 81.9 cm³/mol. The van der Waals surface area contributed by atoms with E-state index in [-0.39, 0.29) is 5.82 Å². The lowest BCUT2D eigenvalue weighted by atomic mass is 10.1. The quantitative estimate of drug-likeness (QED) is 0.770. The number of hydrogen-bond donors (Lipinski definition) is 1. The largest absolute Gasteiger partial charge is 0.493 e. The maximum absolute atomic E-state index is 13.2. The van der Waals surface area contributed by atoms with E-state index in [0.717, 1.165) is 19.3 Å². The van der Waals surface area contributed by atoms with Crippen LogP contribution in [0.5, 0.6) is 5.75 Å². The summed E-state index contributed by atoms with van der Waals surface area (Å²) in [6.45, 7) is 2.18. The highest BCUT2D eigenvalue weighted by Gasteiger charge is 2.10.